The summed E-state index contributed by atoms with van der Waals surface area (Å²) in [6.07, 6.45) is 1.35. The van der Waals surface area contributed by atoms with E-state index in [2.05, 4.69) is 10.1 Å². The molecule has 0 atom stereocenters. The zero-order valence-corrected chi connectivity index (χ0v) is 17.9. The van der Waals surface area contributed by atoms with Gasteiger partial charge in [-0.05, 0) is 48.4 Å². The largest absolute Gasteiger partial charge is 0.493 e. The Hall–Kier alpha value is -3.21. The minimum atomic E-state index is -0.607. The maximum Gasteiger partial charge on any atom is 0.343 e. The Morgan fingerprint density at radius 3 is 2.57 bits per heavy atom. The minimum Gasteiger partial charge on any atom is -0.493 e. The molecular formula is C21H18Cl2N2O5. The summed E-state index contributed by atoms with van der Waals surface area (Å²) in [5.41, 5.74) is 1.56. The maximum atomic E-state index is 12.5. The van der Waals surface area contributed by atoms with Crippen molar-refractivity contribution in [1.82, 2.24) is 0 Å². The van der Waals surface area contributed by atoms with E-state index in [0.717, 1.165) is 5.56 Å². The van der Waals surface area contributed by atoms with Gasteiger partial charge in [0.15, 0.2) is 18.1 Å². The lowest BCUT2D eigenvalue weighted by Crippen LogP contribution is -2.14. The smallest absolute Gasteiger partial charge is 0.343 e. The summed E-state index contributed by atoms with van der Waals surface area (Å²) in [5.74, 6) is -0.832. The molecule has 0 saturated carbocycles. The summed E-state index contributed by atoms with van der Waals surface area (Å²) in [6, 6.07) is 9.91. The first kappa shape index (κ1) is 23.1. The van der Waals surface area contributed by atoms with Crippen LogP contribution < -0.4 is 14.8 Å². The fourth-order valence-electron chi connectivity index (χ4n) is 2.39. The predicted octanol–water partition coefficient (Wildman–Crippen LogP) is 4.41. The van der Waals surface area contributed by atoms with Gasteiger partial charge in [-0.1, -0.05) is 29.3 Å². The summed E-state index contributed by atoms with van der Waals surface area (Å²) in [7, 11) is 2.63. The van der Waals surface area contributed by atoms with E-state index in [9.17, 15) is 14.9 Å². The van der Waals surface area contributed by atoms with Crippen LogP contribution in [0.4, 0.5) is 5.69 Å². The molecule has 2 aromatic rings. The molecule has 0 aliphatic heterocycles. The predicted molar refractivity (Wildman–Crippen MR) is 114 cm³/mol. The van der Waals surface area contributed by atoms with Crippen molar-refractivity contribution in [2.24, 2.45) is 0 Å². The van der Waals surface area contributed by atoms with E-state index in [1.807, 2.05) is 6.07 Å². The van der Waals surface area contributed by atoms with Gasteiger partial charge in [-0.2, -0.15) is 5.26 Å². The number of nitriles is 1. The van der Waals surface area contributed by atoms with Crippen LogP contribution in [0, 0.1) is 18.3 Å². The number of hydrogen-bond acceptors (Lipinski definition) is 6. The molecule has 0 radical (unpaired) electrons. The van der Waals surface area contributed by atoms with Gasteiger partial charge in [0.25, 0.3) is 5.91 Å². The van der Waals surface area contributed by atoms with E-state index in [-0.39, 0.29) is 28.7 Å². The van der Waals surface area contributed by atoms with Crippen LogP contribution >= 0.6 is 23.2 Å². The number of halogens is 2. The van der Waals surface area contributed by atoms with Gasteiger partial charge < -0.3 is 19.5 Å². The molecule has 2 rings (SSSR count). The fourth-order valence-corrected chi connectivity index (χ4v) is 2.83. The van der Waals surface area contributed by atoms with E-state index in [0.29, 0.717) is 16.3 Å². The van der Waals surface area contributed by atoms with Crippen LogP contribution in [0.15, 0.2) is 35.9 Å². The van der Waals surface area contributed by atoms with Crippen LogP contribution in [0.2, 0.25) is 10.0 Å². The molecule has 7 nitrogen and oxygen atoms in total. The highest BCUT2D eigenvalue weighted by atomic mass is 35.5. The van der Waals surface area contributed by atoms with Crippen molar-refractivity contribution in [3.05, 3.63) is 57.1 Å². The van der Waals surface area contributed by atoms with E-state index < -0.39 is 11.9 Å². The highest BCUT2D eigenvalue weighted by Crippen LogP contribution is 2.37. The van der Waals surface area contributed by atoms with Crippen molar-refractivity contribution < 1.29 is 23.8 Å². The molecule has 156 valence electrons. The summed E-state index contributed by atoms with van der Waals surface area (Å²) in [6.45, 7) is 1.45. The molecule has 0 fully saturated rings. The summed E-state index contributed by atoms with van der Waals surface area (Å²) in [4.78, 5) is 23.8. The summed E-state index contributed by atoms with van der Waals surface area (Å²) >= 11 is 12.2. The van der Waals surface area contributed by atoms with Crippen molar-refractivity contribution in [2.45, 2.75) is 6.92 Å². The number of carbonyl (C=O) groups is 2. The van der Waals surface area contributed by atoms with Gasteiger partial charge >= 0.3 is 5.97 Å². The van der Waals surface area contributed by atoms with Gasteiger partial charge in [0, 0.05) is 10.7 Å². The van der Waals surface area contributed by atoms with Gasteiger partial charge in [0.2, 0.25) is 0 Å². The van der Waals surface area contributed by atoms with Crippen LogP contribution in [0.1, 0.15) is 11.1 Å². The highest BCUT2D eigenvalue weighted by molar-refractivity contribution is 6.32. The normalized spacial score (nSPS) is 10.7. The standard InChI is InChI=1S/C21H18Cl2N2O5/c1-12-4-5-15(22)9-17(12)25-21(27)14(10-24)6-13-7-16(23)20(18(8-13)28-2)30-11-19(26)29-3/h4-9H,11H2,1-3H3,(H,25,27)/b14-6+. The van der Waals surface area contributed by atoms with Crippen LogP contribution in [0.5, 0.6) is 11.5 Å². The molecule has 0 aliphatic rings. The summed E-state index contributed by atoms with van der Waals surface area (Å²) < 4.78 is 15.1. The molecule has 0 unspecified atom stereocenters. The monoisotopic (exact) mass is 448 g/mol. The molecular weight excluding hydrogens is 431 g/mol. The molecule has 1 amide bonds. The maximum absolute atomic E-state index is 12.5. The topological polar surface area (TPSA) is 97.7 Å². The molecule has 0 spiro atoms. The minimum absolute atomic E-state index is 0.132. The Bertz CT molecular complexity index is 1040. The SMILES string of the molecule is COC(=O)COc1c(Cl)cc(/C=C(\C#N)C(=O)Nc2cc(Cl)ccc2C)cc1OC. The number of amides is 1. The Balaban J connectivity index is 2.31. The number of benzene rings is 2. The number of carbonyl (C=O) groups excluding carboxylic acids is 2. The molecule has 0 aliphatic carbocycles. The second-order valence-electron chi connectivity index (χ2n) is 5.98. The third kappa shape index (κ3) is 5.89. The Kier molecular flexibility index (Phi) is 8.10. The number of ether oxygens (including phenoxy) is 3. The van der Waals surface area contributed by atoms with Gasteiger partial charge in [-0.3, -0.25) is 4.79 Å². The van der Waals surface area contributed by atoms with Crippen LogP contribution in [0.25, 0.3) is 6.08 Å². The average molecular weight is 449 g/mol. The van der Waals surface area contributed by atoms with Crippen LogP contribution in [-0.4, -0.2) is 32.7 Å². The molecule has 0 aromatic heterocycles. The number of anilines is 1. The Morgan fingerprint density at radius 2 is 1.93 bits per heavy atom. The quantitative estimate of drug-likeness (QED) is 0.382. The van der Waals surface area contributed by atoms with E-state index >= 15 is 0 Å². The van der Waals surface area contributed by atoms with Crippen molar-refractivity contribution in [2.75, 3.05) is 26.1 Å². The van der Waals surface area contributed by atoms with E-state index in [1.165, 1.54) is 32.4 Å². The second-order valence-corrected chi connectivity index (χ2v) is 6.83. The van der Waals surface area contributed by atoms with E-state index in [4.69, 9.17) is 32.7 Å². The van der Waals surface area contributed by atoms with Gasteiger partial charge in [0.1, 0.15) is 11.6 Å². The van der Waals surface area contributed by atoms with Crippen LogP contribution in [-0.2, 0) is 14.3 Å². The Morgan fingerprint density at radius 1 is 1.20 bits per heavy atom. The first-order valence-electron chi connectivity index (χ1n) is 8.55. The lowest BCUT2D eigenvalue weighted by Gasteiger charge is -2.13. The third-order valence-electron chi connectivity index (χ3n) is 3.94. The number of rotatable bonds is 7. The molecule has 30 heavy (non-hydrogen) atoms. The number of nitrogens with one attached hydrogen (secondary N) is 1. The molecule has 9 heteroatoms. The zero-order chi connectivity index (χ0) is 22.3. The molecule has 0 saturated heterocycles. The number of hydrogen-bond donors (Lipinski definition) is 1. The van der Waals surface area contributed by atoms with Crippen LogP contribution in [0.3, 0.4) is 0 Å². The number of methoxy groups -OCH3 is 2. The van der Waals surface area contributed by atoms with Crippen molar-refractivity contribution in [3.63, 3.8) is 0 Å². The number of aryl methyl sites for hydroxylation is 1. The lowest BCUT2D eigenvalue weighted by molar-refractivity contribution is -0.142. The average Bonchev–Trinajstić information content (AvgIpc) is 2.72. The number of nitrogens with zero attached hydrogens (tertiary/aromatic N) is 1. The second kappa shape index (κ2) is 10.5. The van der Waals surface area contributed by atoms with Crippen molar-refractivity contribution in [1.29, 1.82) is 5.26 Å². The first-order valence-corrected chi connectivity index (χ1v) is 9.31. The molecule has 2 aromatic carbocycles. The van der Waals surface area contributed by atoms with E-state index in [1.54, 1.807) is 25.1 Å². The molecule has 0 bridgehead atoms. The lowest BCUT2D eigenvalue weighted by atomic mass is 10.1. The van der Waals surface area contributed by atoms with Crippen molar-refractivity contribution >= 4 is 46.8 Å². The van der Waals surface area contributed by atoms with Crippen molar-refractivity contribution in [3.8, 4) is 17.6 Å². The Labute approximate surface area is 183 Å². The third-order valence-corrected chi connectivity index (χ3v) is 4.45. The number of esters is 1. The van der Waals surface area contributed by atoms with Gasteiger partial charge in [-0.25, -0.2) is 4.79 Å². The molecule has 1 N–H and O–H groups in total. The highest BCUT2D eigenvalue weighted by Gasteiger charge is 2.16. The summed E-state index contributed by atoms with van der Waals surface area (Å²) in [5, 5.41) is 12.7. The van der Waals surface area contributed by atoms with Gasteiger partial charge in [0.05, 0.1) is 19.2 Å². The fraction of sp³-hybridized carbons (Fsp3) is 0.190. The zero-order valence-electron chi connectivity index (χ0n) is 16.4. The van der Waals surface area contributed by atoms with Gasteiger partial charge in [-0.15, -0.1) is 0 Å². The molecule has 0 heterocycles. The first-order chi connectivity index (χ1) is 14.3.